The third kappa shape index (κ3) is 4.05. The van der Waals surface area contributed by atoms with E-state index in [1.165, 1.54) is 16.8 Å². The molecule has 0 spiro atoms. The summed E-state index contributed by atoms with van der Waals surface area (Å²) in [6.45, 7) is 14.9. The lowest BCUT2D eigenvalue weighted by Gasteiger charge is -2.37. The highest BCUT2D eigenvalue weighted by molar-refractivity contribution is 6.21. The number of amidine groups is 1. The summed E-state index contributed by atoms with van der Waals surface area (Å²) in [7, 11) is 0. The molecule has 29 heavy (non-hydrogen) atoms. The highest BCUT2D eigenvalue weighted by Crippen LogP contribution is 2.36. The second-order valence-corrected chi connectivity index (χ2v) is 9.05. The predicted octanol–water partition coefficient (Wildman–Crippen LogP) is 4.84. The third-order valence-corrected chi connectivity index (χ3v) is 6.64. The molecule has 1 saturated carbocycles. The Morgan fingerprint density at radius 1 is 1.21 bits per heavy atom. The van der Waals surface area contributed by atoms with Gasteiger partial charge in [0.1, 0.15) is 17.5 Å². The number of carbonyl (C=O) groups is 1. The molecule has 0 radical (unpaired) electrons. The Kier molecular flexibility index (Phi) is 6.06. The van der Waals surface area contributed by atoms with Crippen molar-refractivity contribution in [3.8, 4) is 0 Å². The number of allylic oxidation sites excluding steroid dienone is 1. The van der Waals surface area contributed by atoms with Gasteiger partial charge in [0.2, 0.25) is 0 Å². The number of nitrogens with zero attached hydrogens (tertiary/aromatic N) is 1. The lowest BCUT2D eigenvalue weighted by molar-refractivity contribution is -0.152. The molecule has 1 aliphatic carbocycles. The van der Waals surface area contributed by atoms with E-state index in [4.69, 9.17) is 10.5 Å². The van der Waals surface area contributed by atoms with E-state index >= 15 is 0 Å². The fourth-order valence-corrected chi connectivity index (χ4v) is 5.22. The number of carbonyl (C=O) groups excluding carboxylic acids is 1. The van der Waals surface area contributed by atoms with Gasteiger partial charge < -0.3 is 15.5 Å². The van der Waals surface area contributed by atoms with Crippen LogP contribution in [0.1, 0.15) is 70.0 Å². The van der Waals surface area contributed by atoms with Crippen molar-refractivity contribution >= 4 is 17.9 Å². The third-order valence-electron chi connectivity index (χ3n) is 6.64. The van der Waals surface area contributed by atoms with Gasteiger partial charge in [-0.25, -0.2) is 9.79 Å². The monoisotopic (exact) mass is 397 g/mol. The maximum atomic E-state index is 13.0. The SMILES string of the molecule is CCc1c(C)[nH]c(C=C2N=C(N)C(C(=O)OC3C(C)CC(C)CC3C)=C2C)c1C. The average Bonchev–Trinajstić information content (AvgIpc) is 3.06. The zero-order valence-corrected chi connectivity index (χ0v) is 18.8. The molecule has 0 bridgehead atoms. The molecule has 1 aliphatic heterocycles. The van der Waals surface area contributed by atoms with E-state index in [0.29, 0.717) is 23.3 Å². The number of aromatic nitrogens is 1. The van der Waals surface area contributed by atoms with Crippen molar-refractivity contribution in [2.45, 2.75) is 73.8 Å². The number of aliphatic imine (C=N–C) groups is 1. The number of nitrogens with two attached hydrogens (primary N) is 1. The highest BCUT2D eigenvalue weighted by atomic mass is 16.5. The van der Waals surface area contributed by atoms with E-state index in [0.717, 1.165) is 36.2 Å². The van der Waals surface area contributed by atoms with E-state index < -0.39 is 0 Å². The van der Waals surface area contributed by atoms with Crippen LogP contribution in [0.4, 0.5) is 0 Å². The van der Waals surface area contributed by atoms with Crippen molar-refractivity contribution in [3.63, 3.8) is 0 Å². The fourth-order valence-electron chi connectivity index (χ4n) is 5.22. The minimum absolute atomic E-state index is 0.0692. The lowest BCUT2D eigenvalue weighted by atomic mass is 9.75. The van der Waals surface area contributed by atoms with Crippen LogP contribution in [0.3, 0.4) is 0 Å². The zero-order valence-electron chi connectivity index (χ0n) is 18.8. The van der Waals surface area contributed by atoms with Crippen LogP contribution >= 0.6 is 0 Å². The number of nitrogens with one attached hydrogen (secondary N) is 1. The predicted molar refractivity (Wildman–Crippen MR) is 119 cm³/mol. The summed E-state index contributed by atoms with van der Waals surface area (Å²) in [5, 5.41) is 0. The molecule has 2 atom stereocenters. The molecule has 5 heteroatoms. The maximum absolute atomic E-state index is 13.0. The van der Waals surface area contributed by atoms with Crippen molar-refractivity contribution in [3.05, 3.63) is 39.4 Å². The molecular formula is C24H35N3O2. The molecule has 0 saturated heterocycles. The van der Waals surface area contributed by atoms with Gasteiger partial charge in [0, 0.05) is 11.4 Å². The Morgan fingerprint density at radius 2 is 1.83 bits per heavy atom. The van der Waals surface area contributed by atoms with Gasteiger partial charge in [-0.3, -0.25) is 0 Å². The Morgan fingerprint density at radius 3 is 2.38 bits per heavy atom. The van der Waals surface area contributed by atoms with Gasteiger partial charge in [0.15, 0.2) is 0 Å². The molecule has 1 aromatic heterocycles. The molecule has 0 aromatic carbocycles. The minimum atomic E-state index is -0.348. The van der Waals surface area contributed by atoms with Gasteiger partial charge in [-0.2, -0.15) is 0 Å². The van der Waals surface area contributed by atoms with Crippen LogP contribution in [0.5, 0.6) is 0 Å². The lowest BCUT2D eigenvalue weighted by Crippen LogP contribution is -2.38. The number of H-pyrrole nitrogens is 1. The van der Waals surface area contributed by atoms with Crippen molar-refractivity contribution in [2.24, 2.45) is 28.5 Å². The van der Waals surface area contributed by atoms with E-state index in [1.807, 2.05) is 13.0 Å². The summed E-state index contributed by atoms with van der Waals surface area (Å²) in [4.78, 5) is 20.9. The number of aryl methyl sites for hydroxylation is 1. The molecule has 1 aromatic rings. The van der Waals surface area contributed by atoms with Gasteiger partial charge in [-0.1, -0.05) is 27.7 Å². The molecule has 3 rings (SSSR count). The van der Waals surface area contributed by atoms with Crippen LogP contribution in [-0.4, -0.2) is 22.9 Å². The highest BCUT2D eigenvalue weighted by Gasteiger charge is 2.36. The summed E-state index contributed by atoms with van der Waals surface area (Å²) in [6.07, 6.45) is 5.06. The first-order chi connectivity index (χ1) is 13.6. The second kappa shape index (κ2) is 8.21. The molecule has 1 fully saturated rings. The first kappa shape index (κ1) is 21.4. The number of hydrogen-bond donors (Lipinski definition) is 2. The number of hydrogen-bond acceptors (Lipinski definition) is 4. The number of rotatable bonds is 4. The van der Waals surface area contributed by atoms with Crippen molar-refractivity contribution in [1.82, 2.24) is 4.98 Å². The van der Waals surface area contributed by atoms with Crippen LogP contribution in [0.2, 0.25) is 0 Å². The summed E-state index contributed by atoms with van der Waals surface area (Å²) < 4.78 is 5.96. The molecule has 2 unspecified atom stereocenters. The van der Waals surface area contributed by atoms with Crippen LogP contribution < -0.4 is 5.73 Å². The van der Waals surface area contributed by atoms with Crippen LogP contribution in [-0.2, 0) is 16.0 Å². The van der Waals surface area contributed by atoms with Crippen molar-refractivity contribution in [1.29, 1.82) is 0 Å². The summed E-state index contributed by atoms with van der Waals surface area (Å²) in [6, 6.07) is 0. The number of ether oxygens (including phenoxy) is 1. The van der Waals surface area contributed by atoms with Crippen molar-refractivity contribution < 1.29 is 9.53 Å². The first-order valence-electron chi connectivity index (χ1n) is 10.8. The first-order valence-corrected chi connectivity index (χ1v) is 10.8. The van der Waals surface area contributed by atoms with Gasteiger partial charge in [0.05, 0.1) is 5.70 Å². The number of esters is 1. The molecule has 0 amide bonds. The molecule has 2 aliphatic rings. The molecule has 3 N–H and O–H groups in total. The maximum Gasteiger partial charge on any atom is 0.342 e. The van der Waals surface area contributed by atoms with E-state index in [1.54, 1.807) is 0 Å². The summed E-state index contributed by atoms with van der Waals surface area (Å²) in [5.41, 5.74) is 12.8. The molecule has 5 nitrogen and oxygen atoms in total. The molecule has 2 heterocycles. The Hall–Kier alpha value is -2.30. The van der Waals surface area contributed by atoms with E-state index in [-0.39, 0.29) is 17.9 Å². The van der Waals surface area contributed by atoms with Crippen LogP contribution in [0, 0.1) is 31.6 Å². The van der Waals surface area contributed by atoms with Crippen LogP contribution in [0.15, 0.2) is 21.8 Å². The van der Waals surface area contributed by atoms with E-state index in [2.05, 4.69) is 51.5 Å². The number of aromatic amines is 1. The standard InChI is InChI=1S/C24H35N3O2/c1-8-18-15(5)19(26-17(18)7)11-20-16(6)21(23(25)27-20)24(28)29-22-13(3)9-12(2)10-14(22)4/h11-14,22,26H,8-10H2,1-7H3,(H2,25,27). The smallest absolute Gasteiger partial charge is 0.342 e. The fraction of sp³-hybridized carbons (Fsp3) is 0.583. The van der Waals surface area contributed by atoms with Crippen molar-refractivity contribution in [2.75, 3.05) is 0 Å². The Labute approximate surface area is 174 Å². The summed E-state index contributed by atoms with van der Waals surface area (Å²) >= 11 is 0. The summed E-state index contributed by atoms with van der Waals surface area (Å²) in [5.74, 6) is 1.28. The van der Waals surface area contributed by atoms with Crippen LogP contribution in [0.25, 0.3) is 6.08 Å². The Bertz CT molecular complexity index is 891. The van der Waals surface area contributed by atoms with Gasteiger partial charge in [0.25, 0.3) is 0 Å². The van der Waals surface area contributed by atoms with Gasteiger partial charge in [-0.15, -0.1) is 0 Å². The Balaban J connectivity index is 1.86. The second-order valence-electron chi connectivity index (χ2n) is 9.05. The largest absolute Gasteiger partial charge is 0.458 e. The quantitative estimate of drug-likeness (QED) is 0.714. The topological polar surface area (TPSA) is 80.5 Å². The van der Waals surface area contributed by atoms with Gasteiger partial charge in [-0.05, 0) is 80.6 Å². The molecule has 158 valence electrons. The molecular weight excluding hydrogens is 362 g/mol. The zero-order chi connectivity index (χ0) is 21.5. The minimum Gasteiger partial charge on any atom is -0.458 e. The van der Waals surface area contributed by atoms with E-state index in [9.17, 15) is 4.79 Å². The normalized spacial score (nSPS) is 28.8. The average molecular weight is 398 g/mol. The van der Waals surface area contributed by atoms with Gasteiger partial charge >= 0.3 is 5.97 Å².